The molecule has 1 atom stereocenters. The van der Waals surface area contributed by atoms with Gasteiger partial charge in [0.2, 0.25) is 0 Å². The van der Waals surface area contributed by atoms with Crippen molar-refractivity contribution in [3.05, 3.63) is 23.3 Å². The molecule has 1 aromatic carbocycles. The van der Waals surface area contributed by atoms with Crippen molar-refractivity contribution in [3.8, 4) is 11.5 Å². The van der Waals surface area contributed by atoms with Gasteiger partial charge >= 0.3 is 6.18 Å². The van der Waals surface area contributed by atoms with Crippen molar-refractivity contribution >= 4 is 0 Å². The van der Waals surface area contributed by atoms with Crippen molar-refractivity contribution in [2.24, 2.45) is 0 Å². The summed E-state index contributed by atoms with van der Waals surface area (Å²) in [7, 11) is 2.68. The summed E-state index contributed by atoms with van der Waals surface area (Å²) >= 11 is 0. The zero-order chi connectivity index (χ0) is 13.2. The number of ether oxygens (including phenoxy) is 2. The highest BCUT2D eigenvalue weighted by Crippen LogP contribution is 2.38. The maximum absolute atomic E-state index is 12.4. The summed E-state index contributed by atoms with van der Waals surface area (Å²) in [5, 5.41) is 9.15. The fraction of sp³-hybridized carbons (Fsp3) is 0.455. The second kappa shape index (κ2) is 4.83. The quantitative estimate of drug-likeness (QED) is 0.896. The summed E-state index contributed by atoms with van der Waals surface area (Å²) in [5.41, 5.74) is 0.268. The van der Waals surface area contributed by atoms with Gasteiger partial charge in [-0.05, 0) is 24.6 Å². The molecular formula is C11H13F3O3. The Hall–Kier alpha value is -1.43. The lowest BCUT2D eigenvalue weighted by atomic mass is 10.0. The molecule has 1 N–H and O–H groups in total. The average molecular weight is 250 g/mol. The molecule has 6 heteroatoms. The Bertz CT molecular complexity index is 376. The van der Waals surface area contributed by atoms with Gasteiger partial charge in [-0.2, -0.15) is 13.2 Å². The van der Waals surface area contributed by atoms with Crippen LogP contribution in [-0.2, 0) is 0 Å². The van der Waals surface area contributed by atoms with Crippen LogP contribution in [0.1, 0.15) is 17.2 Å². The maximum Gasteiger partial charge on any atom is 0.418 e. The molecular weight excluding hydrogens is 237 g/mol. The van der Waals surface area contributed by atoms with Crippen LogP contribution in [0.5, 0.6) is 11.5 Å². The van der Waals surface area contributed by atoms with E-state index >= 15 is 0 Å². The molecule has 3 nitrogen and oxygen atoms in total. The fourth-order valence-electron chi connectivity index (χ4n) is 1.45. The van der Waals surface area contributed by atoms with Gasteiger partial charge in [-0.1, -0.05) is 0 Å². The molecule has 1 rings (SSSR count). The van der Waals surface area contributed by atoms with Gasteiger partial charge in [-0.3, -0.25) is 0 Å². The smallest absolute Gasteiger partial charge is 0.418 e. The first-order valence-electron chi connectivity index (χ1n) is 4.78. The van der Waals surface area contributed by atoms with Crippen LogP contribution >= 0.6 is 0 Å². The fourth-order valence-corrected chi connectivity index (χ4v) is 1.45. The number of aliphatic hydroxyl groups is 1. The van der Waals surface area contributed by atoms with E-state index in [-0.39, 0.29) is 17.1 Å². The average Bonchev–Trinajstić information content (AvgIpc) is 2.27. The van der Waals surface area contributed by atoms with Gasteiger partial charge in [0.15, 0.2) is 6.10 Å². The standard InChI is InChI=1S/C11H13F3O3/c1-6-8(16-2)4-7(5-9(6)17-3)10(15)11(12,13)14/h4-5,10,15H,1-3H3/t10-/m1/s1. The zero-order valence-corrected chi connectivity index (χ0v) is 9.63. The Morgan fingerprint density at radius 3 is 1.82 bits per heavy atom. The molecule has 0 aliphatic rings. The van der Waals surface area contributed by atoms with E-state index in [1.165, 1.54) is 14.2 Å². The lowest BCUT2D eigenvalue weighted by molar-refractivity contribution is -0.206. The van der Waals surface area contributed by atoms with Gasteiger partial charge in [-0.25, -0.2) is 0 Å². The largest absolute Gasteiger partial charge is 0.496 e. The number of halogens is 3. The predicted molar refractivity (Wildman–Crippen MR) is 55.3 cm³/mol. The maximum atomic E-state index is 12.4. The molecule has 17 heavy (non-hydrogen) atoms. The second-order valence-corrected chi connectivity index (χ2v) is 3.49. The molecule has 0 heterocycles. The third-order valence-corrected chi connectivity index (χ3v) is 2.40. The van der Waals surface area contributed by atoms with Gasteiger partial charge in [0.05, 0.1) is 14.2 Å². The van der Waals surface area contributed by atoms with Gasteiger partial charge in [0.1, 0.15) is 11.5 Å². The monoisotopic (exact) mass is 250 g/mol. The van der Waals surface area contributed by atoms with Crippen LogP contribution in [0.4, 0.5) is 13.2 Å². The number of hydrogen-bond donors (Lipinski definition) is 1. The van der Waals surface area contributed by atoms with Gasteiger partial charge < -0.3 is 14.6 Å². The summed E-state index contributed by atoms with van der Waals surface area (Å²) < 4.78 is 47.0. The molecule has 0 saturated carbocycles. The molecule has 0 saturated heterocycles. The van der Waals surface area contributed by atoms with Crippen LogP contribution in [0.3, 0.4) is 0 Å². The molecule has 0 unspecified atom stereocenters. The van der Waals surface area contributed by atoms with E-state index in [1.807, 2.05) is 0 Å². The van der Waals surface area contributed by atoms with E-state index in [0.29, 0.717) is 5.56 Å². The molecule has 0 bridgehead atoms. The first-order valence-corrected chi connectivity index (χ1v) is 4.78. The normalized spacial score (nSPS) is 13.4. The Morgan fingerprint density at radius 1 is 1.12 bits per heavy atom. The van der Waals surface area contributed by atoms with Crippen LogP contribution in [0.2, 0.25) is 0 Å². The lowest BCUT2D eigenvalue weighted by Crippen LogP contribution is -2.20. The second-order valence-electron chi connectivity index (χ2n) is 3.49. The van der Waals surface area contributed by atoms with Crippen molar-refractivity contribution in [1.29, 1.82) is 0 Å². The molecule has 0 spiro atoms. The number of hydrogen-bond acceptors (Lipinski definition) is 3. The van der Waals surface area contributed by atoms with Crippen molar-refractivity contribution < 1.29 is 27.8 Å². The third kappa shape index (κ3) is 2.82. The number of benzene rings is 1. The van der Waals surface area contributed by atoms with E-state index in [2.05, 4.69) is 0 Å². The van der Waals surface area contributed by atoms with E-state index in [0.717, 1.165) is 12.1 Å². The highest BCUT2D eigenvalue weighted by atomic mass is 19.4. The first-order chi connectivity index (χ1) is 7.81. The minimum atomic E-state index is -4.72. The van der Waals surface area contributed by atoms with Crippen molar-refractivity contribution in [2.45, 2.75) is 19.2 Å². The van der Waals surface area contributed by atoms with Crippen LogP contribution in [-0.4, -0.2) is 25.5 Å². The Balaban J connectivity index is 3.27. The lowest BCUT2D eigenvalue weighted by Gasteiger charge is -2.18. The van der Waals surface area contributed by atoms with Crippen LogP contribution in [0, 0.1) is 6.92 Å². The zero-order valence-electron chi connectivity index (χ0n) is 9.63. The first kappa shape index (κ1) is 13.6. The minimum absolute atomic E-state index is 0.239. The number of aliphatic hydroxyl groups excluding tert-OH is 1. The van der Waals surface area contributed by atoms with Gasteiger partial charge in [-0.15, -0.1) is 0 Å². The van der Waals surface area contributed by atoms with Gasteiger partial charge in [0, 0.05) is 5.56 Å². The van der Waals surface area contributed by atoms with Gasteiger partial charge in [0.25, 0.3) is 0 Å². The van der Waals surface area contributed by atoms with Crippen LogP contribution in [0.15, 0.2) is 12.1 Å². The summed E-state index contributed by atoms with van der Waals surface area (Å²) in [5.74, 6) is 0.477. The predicted octanol–water partition coefficient (Wildman–Crippen LogP) is 2.61. The van der Waals surface area contributed by atoms with Crippen molar-refractivity contribution in [3.63, 3.8) is 0 Å². The highest BCUT2D eigenvalue weighted by Gasteiger charge is 2.40. The molecule has 0 amide bonds. The van der Waals surface area contributed by atoms with E-state index < -0.39 is 12.3 Å². The molecule has 0 radical (unpaired) electrons. The van der Waals surface area contributed by atoms with Crippen LogP contribution in [0.25, 0.3) is 0 Å². The number of rotatable bonds is 3. The van der Waals surface area contributed by atoms with Crippen LogP contribution < -0.4 is 9.47 Å². The Morgan fingerprint density at radius 2 is 1.53 bits per heavy atom. The third-order valence-electron chi connectivity index (χ3n) is 2.40. The molecule has 0 aromatic heterocycles. The minimum Gasteiger partial charge on any atom is -0.496 e. The summed E-state index contributed by atoms with van der Waals surface area (Å²) in [4.78, 5) is 0. The van der Waals surface area contributed by atoms with Crippen molar-refractivity contribution in [2.75, 3.05) is 14.2 Å². The van der Waals surface area contributed by atoms with E-state index in [4.69, 9.17) is 14.6 Å². The molecule has 0 aliphatic carbocycles. The molecule has 0 fully saturated rings. The molecule has 96 valence electrons. The summed E-state index contributed by atoms with van der Waals surface area (Å²) in [6.45, 7) is 1.65. The Labute approximate surface area is 96.8 Å². The van der Waals surface area contributed by atoms with Crippen molar-refractivity contribution in [1.82, 2.24) is 0 Å². The SMILES string of the molecule is COc1cc([C@@H](O)C(F)(F)F)cc(OC)c1C. The summed E-state index contributed by atoms with van der Waals surface area (Å²) in [6, 6.07) is 2.30. The summed E-state index contributed by atoms with van der Waals surface area (Å²) in [6.07, 6.45) is -7.27. The molecule has 1 aromatic rings. The number of alkyl halides is 3. The topological polar surface area (TPSA) is 38.7 Å². The van der Waals surface area contributed by atoms with E-state index in [1.54, 1.807) is 6.92 Å². The number of methoxy groups -OCH3 is 2. The Kier molecular flexibility index (Phi) is 3.87. The molecule has 0 aliphatic heterocycles. The highest BCUT2D eigenvalue weighted by molar-refractivity contribution is 5.48. The van der Waals surface area contributed by atoms with E-state index in [9.17, 15) is 13.2 Å².